The van der Waals surface area contributed by atoms with Crippen LogP contribution in [0.1, 0.15) is 19.4 Å². The average Bonchev–Trinajstić information content (AvgIpc) is 2.24. The molecule has 17 heavy (non-hydrogen) atoms. The van der Waals surface area contributed by atoms with Gasteiger partial charge in [-0.05, 0) is 24.1 Å². The molecule has 1 unspecified atom stereocenters. The number of rotatable bonds is 4. The Balaban J connectivity index is 2.86. The third-order valence-electron chi connectivity index (χ3n) is 2.34. The number of Topliss-reactive ketones (excluding diaryl/α,β-unsaturated/α-hetero) is 1. The molecule has 0 N–H and O–H groups in total. The summed E-state index contributed by atoms with van der Waals surface area (Å²) in [6.45, 7) is 3.48. The zero-order chi connectivity index (χ0) is 13.2. The molecule has 94 valence electrons. The summed E-state index contributed by atoms with van der Waals surface area (Å²) in [5.74, 6) is -4.20. The van der Waals surface area contributed by atoms with E-state index in [0.29, 0.717) is 0 Å². The molecular formula is C12H12BrF3O. The zero-order valence-corrected chi connectivity index (χ0v) is 11.0. The summed E-state index contributed by atoms with van der Waals surface area (Å²) in [5, 5.41) is 0. The van der Waals surface area contributed by atoms with Crippen LogP contribution in [-0.4, -0.2) is 10.6 Å². The van der Waals surface area contributed by atoms with Crippen LogP contribution in [0.4, 0.5) is 13.2 Å². The maximum Gasteiger partial charge on any atom is 0.194 e. The fraction of sp³-hybridized carbons (Fsp3) is 0.417. The number of hydrogen-bond donors (Lipinski definition) is 0. The van der Waals surface area contributed by atoms with Crippen LogP contribution in [0.25, 0.3) is 0 Å². The Morgan fingerprint density at radius 3 is 2.12 bits per heavy atom. The number of benzene rings is 1. The second-order valence-corrected chi connectivity index (χ2v) is 5.21. The van der Waals surface area contributed by atoms with Crippen LogP contribution in [0.15, 0.2) is 12.1 Å². The predicted molar refractivity (Wildman–Crippen MR) is 62.6 cm³/mol. The highest BCUT2D eigenvalue weighted by molar-refractivity contribution is 9.10. The molecule has 1 nitrogen and oxygen atoms in total. The summed E-state index contributed by atoms with van der Waals surface area (Å²) in [6.07, 6.45) is 0.130. The highest BCUT2D eigenvalue weighted by Gasteiger charge is 2.20. The van der Waals surface area contributed by atoms with Gasteiger partial charge in [-0.1, -0.05) is 29.8 Å². The Morgan fingerprint density at radius 1 is 1.24 bits per heavy atom. The van der Waals surface area contributed by atoms with Gasteiger partial charge in [0.1, 0.15) is 5.78 Å². The molecule has 0 bridgehead atoms. The third kappa shape index (κ3) is 3.56. The van der Waals surface area contributed by atoms with Gasteiger partial charge in [0, 0.05) is 5.92 Å². The summed E-state index contributed by atoms with van der Waals surface area (Å²) in [4.78, 5) is 11.1. The number of carbonyl (C=O) groups is 1. The molecular weight excluding hydrogens is 297 g/mol. The standard InChI is InChI=1S/C12H12BrF3O/c1-6(2)12(17)8(13)3-7-4-9(14)11(16)10(15)5-7/h4-6,8H,3H2,1-2H3. The fourth-order valence-corrected chi connectivity index (χ4v) is 2.30. The predicted octanol–water partition coefficient (Wildman–Crippen LogP) is 3.64. The first kappa shape index (κ1) is 14.2. The molecule has 0 radical (unpaired) electrons. The van der Waals surface area contributed by atoms with Gasteiger partial charge in [-0.3, -0.25) is 4.79 Å². The van der Waals surface area contributed by atoms with Crippen molar-refractivity contribution in [1.29, 1.82) is 0 Å². The van der Waals surface area contributed by atoms with E-state index >= 15 is 0 Å². The lowest BCUT2D eigenvalue weighted by Crippen LogP contribution is -2.22. The van der Waals surface area contributed by atoms with Gasteiger partial charge in [-0.2, -0.15) is 0 Å². The van der Waals surface area contributed by atoms with Crippen molar-refractivity contribution in [2.45, 2.75) is 25.1 Å². The van der Waals surface area contributed by atoms with E-state index in [1.165, 1.54) is 0 Å². The van der Waals surface area contributed by atoms with Crippen LogP contribution in [0.2, 0.25) is 0 Å². The minimum absolute atomic E-state index is 0.0601. The van der Waals surface area contributed by atoms with Gasteiger partial charge in [-0.15, -0.1) is 0 Å². The van der Waals surface area contributed by atoms with Crippen LogP contribution in [0, 0.1) is 23.4 Å². The number of carbonyl (C=O) groups excluding carboxylic acids is 1. The Bertz CT molecular complexity index is 409. The molecule has 1 aromatic carbocycles. The molecule has 1 rings (SSSR count). The van der Waals surface area contributed by atoms with Gasteiger partial charge in [-0.25, -0.2) is 13.2 Å². The molecule has 0 aliphatic heterocycles. The lowest BCUT2D eigenvalue weighted by Gasteiger charge is -2.11. The Morgan fingerprint density at radius 2 is 1.71 bits per heavy atom. The molecule has 0 aliphatic rings. The number of alkyl halides is 1. The summed E-state index contributed by atoms with van der Waals surface area (Å²) in [7, 11) is 0. The maximum absolute atomic E-state index is 12.9. The summed E-state index contributed by atoms with van der Waals surface area (Å²) in [5.41, 5.74) is 0.247. The third-order valence-corrected chi connectivity index (χ3v) is 3.11. The molecule has 0 saturated heterocycles. The molecule has 0 aromatic heterocycles. The van der Waals surface area contributed by atoms with Crippen molar-refractivity contribution in [2.75, 3.05) is 0 Å². The quantitative estimate of drug-likeness (QED) is 0.613. The highest BCUT2D eigenvalue weighted by atomic mass is 79.9. The van der Waals surface area contributed by atoms with Gasteiger partial charge < -0.3 is 0 Å². The van der Waals surface area contributed by atoms with Gasteiger partial charge in [0.15, 0.2) is 17.5 Å². The molecule has 1 aromatic rings. The van der Waals surface area contributed by atoms with Gasteiger partial charge in [0.25, 0.3) is 0 Å². The number of hydrogen-bond acceptors (Lipinski definition) is 1. The van der Waals surface area contributed by atoms with Gasteiger partial charge in [0.05, 0.1) is 4.83 Å². The van der Waals surface area contributed by atoms with E-state index < -0.39 is 22.3 Å². The SMILES string of the molecule is CC(C)C(=O)C(Br)Cc1cc(F)c(F)c(F)c1. The monoisotopic (exact) mass is 308 g/mol. The molecule has 0 spiro atoms. The van der Waals surface area contributed by atoms with E-state index in [0.717, 1.165) is 12.1 Å². The van der Waals surface area contributed by atoms with Crippen molar-refractivity contribution in [1.82, 2.24) is 0 Å². The molecule has 0 aliphatic carbocycles. The van der Waals surface area contributed by atoms with Crippen molar-refractivity contribution in [3.8, 4) is 0 Å². The molecule has 0 fully saturated rings. The first-order chi connectivity index (χ1) is 7.82. The van der Waals surface area contributed by atoms with Crippen molar-refractivity contribution >= 4 is 21.7 Å². The topological polar surface area (TPSA) is 17.1 Å². The second-order valence-electron chi connectivity index (χ2n) is 4.10. The van der Waals surface area contributed by atoms with E-state index in [-0.39, 0.29) is 23.7 Å². The Labute approximate surface area is 106 Å². The van der Waals surface area contributed by atoms with Crippen LogP contribution in [0.3, 0.4) is 0 Å². The minimum Gasteiger partial charge on any atom is -0.298 e. The number of halogens is 4. The molecule has 0 heterocycles. The Kier molecular flexibility index (Phi) is 4.74. The smallest absolute Gasteiger partial charge is 0.194 e. The molecule has 0 amide bonds. The zero-order valence-electron chi connectivity index (χ0n) is 9.44. The average molecular weight is 309 g/mol. The second kappa shape index (κ2) is 5.67. The largest absolute Gasteiger partial charge is 0.298 e. The van der Waals surface area contributed by atoms with E-state index in [4.69, 9.17) is 0 Å². The minimum atomic E-state index is -1.49. The van der Waals surface area contributed by atoms with Crippen molar-refractivity contribution in [3.05, 3.63) is 35.1 Å². The van der Waals surface area contributed by atoms with Crippen molar-refractivity contribution in [2.24, 2.45) is 5.92 Å². The summed E-state index contributed by atoms with van der Waals surface area (Å²) in [6, 6.07) is 1.81. The van der Waals surface area contributed by atoms with Gasteiger partial charge >= 0.3 is 0 Å². The van der Waals surface area contributed by atoms with E-state index in [2.05, 4.69) is 15.9 Å². The van der Waals surface area contributed by atoms with Gasteiger partial charge in [0.2, 0.25) is 0 Å². The Hall–Kier alpha value is -0.840. The van der Waals surface area contributed by atoms with Crippen LogP contribution < -0.4 is 0 Å². The van der Waals surface area contributed by atoms with E-state index in [9.17, 15) is 18.0 Å². The van der Waals surface area contributed by atoms with Crippen LogP contribution >= 0.6 is 15.9 Å². The van der Waals surface area contributed by atoms with E-state index in [1.807, 2.05) is 0 Å². The van der Waals surface area contributed by atoms with Crippen molar-refractivity contribution in [3.63, 3.8) is 0 Å². The molecule has 0 saturated carbocycles. The lowest BCUT2D eigenvalue weighted by atomic mass is 10.0. The molecule has 5 heteroatoms. The van der Waals surface area contributed by atoms with E-state index in [1.54, 1.807) is 13.8 Å². The maximum atomic E-state index is 12.9. The lowest BCUT2D eigenvalue weighted by molar-refractivity contribution is -0.121. The first-order valence-electron chi connectivity index (χ1n) is 5.14. The van der Waals surface area contributed by atoms with Crippen LogP contribution in [0.5, 0.6) is 0 Å². The highest BCUT2D eigenvalue weighted by Crippen LogP contribution is 2.19. The number of ketones is 1. The fourth-order valence-electron chi connectivity index (χ4n) is 1.40. The summed E-state index contributed by atoms with van der Waals surface area (Å²) >= 11 is 3.16. The van der Waals surface area contributed by atoms with Crippen LogP contribution in [-0.2, 0) is 11.2 Å². The summed E-state index contributed by atoms with van der Waals surface area (Å²) < 4.78 is 38.6. The van der Waals surface area contributed by atoms with Crippen molar-refractivity contribution < 1.29 is 18.0 Å². The first-order valence-corrected chi connectivity index (χ1v) is 6.05. The molecule has 1 atom stereocenters. The normalized spacial score (nSPS) is 12.9.